The van der Waals surface area contributed by atoms with Crippen LogP contribution in [0, 0.1) is 0 Å². The third-order valence-corrected chi connectivity index (χ3v) is 3.87. The minimum absolute atomic E-state index is 0.0918. The first-order valence-electron chi connectivity index (χ1n) is 5.44. The molecule has 0 aromatic heterocycles. The summed E-state index contributed by atoms with van der Waals surface area (Å²) in [6.07, 6.45) is 0.0918. The van der Waals surface area contributed by atoms with Gasteiger partial charge in [0.25, 0.3) is 10.1 Å². The molecule has 0 saturated carbocycles. The molecule has 0 saturated heterocycles. The minimum atomic E-state index is -3.92. The molecule has 2 rings (SSSR count). The Balaban J connectivity index is 2.24. The number of fused-ring (bicyclic) bond motifs is 1. The molecule has 1 heterocycles. The van der Waals surface area contributed by atoms with Crippen molar-refractivity contribution in [2.45, 2.75) is 13.1 Å². The number of benzene rings is 1. The quantitative estimate of drug-likeness (QED) is 0.823. The molecule has 17 heavy (non-hydrogen) atoms. The molecule has 0 fully saturated rings. The zero-order valence-corrected chi connectivity index (χ0v) is 10.7. The van der Waals surface area contributed by atoms with E-state index in [-0.39, 0.29) is 11.9 Å². The molecule has 1 aromatic rings. The summed E-state index contributed by atoms with van der Waals surface area (Å²) >= 11 is 0. The van der Waals surface area contributed by atoms with Crippen molar-refractivity contribution in [1.29, 1.82) is 0 Å². The highest BCUT2D eigenvalue weighted by atomic mass is 32.2. The summed E-state index contributed by atoms with van der Waals surface area (Å²) in [5.74, 6) is -0.250. The largest absolute Gasteiger partial charge is 0.353 e. The molecule has 0 amide bonds. The summed E-state index contributed by atoms with van der Waals surface area (Å²) < 4.78 is 30.4. The Labute approximate surface area is 101 Å². The summed E-state index contributed by atoms with van der Waals surface area (Å²) in [7, 11) is -1.95. The van der Waals surface area contributed by atoms with Crippen LogP contribution in [-0.2, 0) is 10.1 Å². The van der Waals surface area contributed by atoms with Crippen LogP contribution in [0.5, 0.6) is 0 Å². The topological polar surface area (TPSA) is 60.9 Å². The fourth-order valence-corrected chi connectivity index (χ4v) is 2.57. The standard InChI is InChI=1S/C11H16N2O3S/c1-9-12(2)10-5-3-4-6-11(10)13(9)7-8-17(14,15)16/h3-6,9H,7-8H2,1-2H3,(H,14,15,16). The van der Waals surface area contributed by atoms with Crippen molar-refractivity contribution < 1.29 is 13.0 Å². The maximum Gasteiger partial charge on any atom is 0.266 e. The number of para-hydroxylation sites is 2. The average molecular weight is 256 g/mol. The van der Waals surface area contributed by atoms with E-state index < -0.39 is 10.1 Å². The van der Waals surface area contributed by atoms with Gasteiger partial charge in [0.15, 0.2) is 0 Å². The third kappa shape index (κ3) is 2.37. The van der Waals surface area contributed by atoms with E-state index in [1.807, 2.05) is 43.1 Å². The minimum Gasteiger partial charge on any atom is -0.353 e. The van der Waals surface area contributed by atoms with E-state index in [1.54, 1.807) is 0 Å². The molecule has 0 spiro atoms. The lowest BCUT2D eigenvalue weighted by atomic mass is 10.2. The van der Waals surface area contributed by atoms with Crippen molar-refractivity contribution in [2.75, 3.05) is 29.1 Å². The predicted molar refractivity (Wildman–Crippen MR) is 68.1 cm³/mol. The van der Waals surface area contributed by atoms with Crippen LogP contribution in [0.1, 0.15) is 6.92 Å². The van der Waals surface area contributed by atoms with Crippen molar-refractivity contribution in [1.82, 2.24) is 0 Å². The Hall–Kier alpha value is -1.27. The van der Waals surface area contributed by atoms with Gasteiger partial charge in [0.2, 0.25) is 0 Å². The van der Waals surface area contributed by atoms with Gasteiger partial charge in [-0.3, -0.25) is 4.55 Å². The summed E-state index contributed by atoms with van der Waals surface area (Å²) in [5, 5.41) is 0. The van der Waals surface area contributed by atoms with Gasteiger partial charge in [0.05, 0.1) is 23.3 Å². The van der Waals surface area contributed by atoms with Gasteiger partial charge in [-0.25, -0.2) is 0 Å². The highest BCUT2D eigenvalue weighted by molar-refractivity contribution is 7.85. The SMILES string of the molecule is CC1N(C)c2ccccc2N1CCS(=O)(=O)O. The molecule has 0 radical (unpaired) electrons. The van der Waals surface area contributed by atoms with Crippen LogP contribution in [0.4, 0.5) is 11.4 Å². The van der Waals surface area contributed by atoms with E-state index in [1.165, 1.54) is 0 Å². The summed E-state index contributed by atoms with van der Waals surface area (Å²) in [6, 6.07) is 7.83. The number of hydrogen-bond donors (Lipinski definition) is 1. The van der Waals surface area contributed by atoms with E-state index >= 15 is 0 Å². The second kappa shape index (κ2) is 4.19. The molecule has 1 aliphatic heterocycles. The number of hydrogen-bond acceptors (Lipinski definition) is 4. The van der Waals surface area contributed by atoms with Crippen LogP contribution in [0.2, 0.25) is 0 Å². The molecule has 0 aliphatic carbocycles. The van der Waals surface area contributed by atoms with Gasteiger partial charge in [-0.2, -0.15) is 8.42 Å². The van der Waals surface area contributed by atoms with E-state index in [9.17, 15) is 8.42 Å². The molecule has 0 bridgehead atoms. The highest BCUT2D eigenvalue weighted by Gasteiger charge is 2.30. The van der Waals surface area contributed by atoms with Gasteiger partial charge in [-0.1, -0.05) is 12.1 Å². The van der Waals surface area contributed by atoms with Crippen molar-refractivity contribution in [3.8, 4) is 0 Å². The van der Waals surface area contributed by atoms with Gasteiger partial charge in [-0.15, -0.1) is 0 Å². The fourth-order valence-electron chi connectivity index (χ4n) is 2.14. The second-order valence-corrected chi connectivity index (χ2v) is 5.78. The van der Waals surface area contributed by atoms with Crippen LogP contribution >= 0.6 is 0 Å². The van der Waals surface area contributed by atoms with E-state index in [4.69, 9.17) is 4.55 Å². The van der Waals surface area contributed by atoms with Crippen molar-refractivity contribution >= 4 is 21.5 Å². The average Bonchev–Trinajstić information content (AvgIpc) is 2.49. The molecule has 5 nitrogen and oxygen atoms in total. The second-order valence-electron chi connectivity index (χ2n) is 4.21. The number of rotatable bonds is 3. The Morgan fingerprint density at radius 2 is 1.88 bits per heavy atom. The normalized spacial score (nSPS) is 19.6. The first-order valence-corrected chi connectivity index (χ1v) is 7.05. The lowest BCUT2D eigenvalue weighted by Gasteiger charge is -2.27. The first-order chi connectivity index (χ1) is 7.90. The lowest BCUT2D eigenvalue weighted by molar-refractivity contribution is 0.481. The van der Waals surface area contributed by atoms with E-state index in [0.717, 1.165) is 11.4 Å². The zero-order valence-electron chi connectivity index (χ0n) is 9.87. The highest BCUT2D eigenvalue weighted by Crippen LogP contribution is 2.37. The molecular formula is C11H16N2O3S. The molecular weight excluding hydrogens is 240 g/mol. The molecule has 1 atom stereocenters. The molecule has 6 heteroatoms. The molecule has 94 valence electrons. The Morgan fingerprint density at radius 1 is 1.29 bits per heavy atom. The lowest BCUT2D eigenvalue weighted by Crippen LogP contribution is -2.41. The van der Waals surface area contributed by atoms with Gasteiger partial charge in [0.1, 0.15) is 0 Å². The number of nitrogens with zero attached hydrogens (tertiary/aromatic N) is 2. The zero-order chi connectivity index (χ0) is 12.6. The maximum atomic E-state index is 10.8. The molecule has 1 aromatic carbocycles. The van der Waals surface area contributed by atoms with Crippen molar-refractivity contribution in [2.24, 2.45) is 0 Å². The fraction of sp³-hybridized carbons (Fsp3) is 0.455. The van der Waals surface area contributed by atoms with Gasteiger partial charge >= 0.3 is 0 Å². The van der Waals surface area contributed by atoms with Gasteiger partial charge < -0.3 is 9.80 Å². The van der Waals surface area contributed by atoms with Crippen LogP contribution in [0.25, 0.3) is 0 Å². The Bertz CT molecular complexity index is 515. The van der Waals surface area contributed by atoms with Crippen LogP contribution in [0.15, 0.2) is 24.3 Å². The number of anilines is 2. The first kappa shape index (κ1) is 12.2. The van der Waals surface area contributed by atoms with Crippen LogP contribution in [0.3, 0.4) is 0 Å². The van der Waals surface area contributed by atoms with Crippen LogP contribution < -0.4 is 9.80 Å². The monoisotopic (exact) mass is 256 g/mol. The summed E-state index contributed by atoms with van der Waals surface area (Å²) in [6.45, 7) is 2.30. The van der Waals surface area contributed by atoms with E-state index in [2.05, 4.69) is 4.90 Å². The van der Waals surface area contributed by atoms with Gasteiger partial charge in [-0.05, 0) is 19.1 Å². The summed E-state index contributed by atoms with van der Waals surface area (Å²) in [4.78, 5) is 4.06. The smallest absolute Gasteiger partial charge is 0.266 e. The van der Waals surface area contributed by atoms with Crippen molar-refractivity contribution in [3.05, 3.63) is 24.3 Å². The van der Waals surface area contributed by atoms with Crippen LogP contribution in [-0.4, -0.2) is 38.5 Å². The molecule has 1 aliphatic rings. The summed E-state index contributed by atoms with van der Waals surface area (Å²) in [5.41, 5.74) is 2.08. The van der Waals surface area contributed by atoms with E-state index in [0.29, 0.717) is 6.54 Å². The Kier molecular flexibility index (Phi) is 3.01. The van der Waals surface area contributed by atoms with Gasteiger partial charge in [0, 0.05) is 13.6 Å². The van der Waals surface area contributed by atoms with Crippen molar-refractivity contribution in [3.63, 3.8) is 0 Å². The third-order valence-electron chi connectivity index (χ3n) is 3.17. The maximum absolute atomic E-state index is 10.8. The Morgan fingerprint density at radius 3 is 2.47 bits per heavy atom. The predicted octanol–water partition coefficient (Wildman–Crippen LogP) is 1.18. The molecule has 1 unspecified atom stereocenters. The molecule has 1 N–H and O–H groups in total.